The van der Waals surface area contributed by atoms with Crippen LogP contribution >= 0.6 is 11.8 Å². The van der Waals surface area contributed by atoms with Gasteiger partial charge < -0.3 is 9.73 Å². The van der Waals surface area contributed by atoms with Crippen LogP contribution < -0.4 is 5.32 Å². The van der Waals surface area contributed by atoms with E-state index in [4.69, 9.17) is 4.42 Å². The van der Waals surface area contributed by atoms with E-state index in [1.165, 1.54) is 17.8 Å². The lowest BCUT2D eigenvalue weighted by Crippen LogP contribution is -2.23. The van der Waals surface area contributed by atoms with Crippen LogP contribution in [0.2, 0.25) is 0 Å². The molecule has 1 aliphatic heterocycles. The lowest BCUT2D eigenvalue weighted by molar-refractivity contribution is 0.490. The number of sulfonamides is 1. The van der Waals surface area contributed by atoms with E-state index in [9.17, 15) is 8.42 Å². The molecule has 0 saturated heterocycles. The van der Waals surface area contributed by atoms with Crippen molar-refractivity contribution >= 4 is 44.4 Å². The number of anilines is 1. The molecular weight excluding hydrogens is 334 g/mol. The second kappa shape index (κ2) is 5.39. The van der Waals surface area contributed by atoms with Gasteiger partial charge >= 0.3 is 0 Å². The molecule has 0 amide bonds. The van der Waals surface area contributed by atoms with Crippen LogP contribution in [0.1, 0.15) is 0 Å². The van der Waals surface area contributed by atoms with Crippen LogP contribution in [0, 0.1) is 0 Å². The number of nitrogens with one attached hydrogen (secondary N) is 1. The maximum atomic E-state index is 12.2. The summed E-state index contributed by atoms with van der Waals surface area (Å²) >= 11 is 1.29. The first-order valence-electron chi connectivity index (χ1n) is 6.80. The topological polar surface area (TPSA) is 84.6 Å². The third kappa shape index (κ3) is 2.71. The van der Waals surface area contributed by atoms with Crippen LogP contribution in [-0.2, 0) is 10.0 Å². The third-order valence-corrected chi connectivity index (χ3v) is 5.49. The first-order chi connectivity index (χ1) is 11.1. The van der Waals surface area contributed by atoms with Crippen LogP contribution in [0.3, 0.4) is 0 Å². The minimum Gasteiger partial charge on any atom is -0.431 e. The Labute approximate surface area is 136 Å². The summed E-state index contributed by atoms with van der Waals surface area (Å²) in [5.41, 5.74) is 2.01. The zero-order chi connectivity index (χ0) is 15.9. The van der Waals surface area contributed by atoms with Crippen molar-refractivity contribution in [1.82, 2.24) is 4.98 Å². The largest absolute Gasteiger partial charge is 0.431 e. The number of rotatable bonds is 3. The molecule has 4 rings (SSSR count). The van der Waals surface area contributed by atoms with Gasteiger partial charge in [0.25, 0.3) is 15.2 Å². The molecule has 0 spiro atoms. The van der Waals surface area contributed by atoms with Gasteiger partial charge in [-0.2, -0.15) is 8.42 Å². The zero-order valence-corrected chi connectivity index (χ0v) is 13.4. The van der Waals surface area contributed by atoms with E-state index >= 15 is 0 Å². The number of benzene rings is 2. The third-order valence-electron chi connectivity index (χ3n) is 3.28. The molecule has 0 aliphatic carbocycles. The molecule has 23 heavy (non-hydrogen) atoms. The summed E-state index contributed by atoms with van der Waals surface area (Å²) in [6.07, 6.45) is 0. The van der Waals surface area contributed by atoms with Gasteiger partial charge in [0.2, 0.25) is 0 Å². The van der Waals surface area contributed by atoms with Crippen molar-refractivity contribution in [3.8, 4) is 0 Å². The van der Waals surface area contributed by atoms with Crippen molar-refractivity contribution < 1.29 is 12.8 Å². The molecule has 0 radical (unpaired) electrons. The Balaban J connectivity index is 1.57. The number of thioether (sulfide) groups is 1. The van der Waals surface area contributed by atoms with E-state index in [0.717, 1.165) is 5.52 Å². The fourth-order valence-electron chi connectivity index (χ4n) is 2.27. The van der Waals surface area contributed by atoms with Crippen LogP contribution in [0.25, 0.3) is 11.1 Å². The molecule has 0 atom stereocenters. The monoisotopic (exact) mass is 345 g/mol. The number of hydrogen-bond acceptors (Lipinski definition) is 6. The van der Waals surface area contributed by atoms with Gasteiger partial charge in [-0.15, -0.1) is 4.40 Å². The van der Waals surface area contributed by atoms with E-state index in [1.54, 1.807) is 18.2 Å². The van der Waals surface area contributed by atoms with Crippen molar-refractivity contribution in [2.24, 2.45) is 4.40 Å². The highest BCUT2D eigenvalue weighted by atomic mass is 32.2. The molecule has 116 valence electrons. The smallest absolute Gasteiger partial charge is 0.286 e. The first-order valence-corrected chi connectivity index (χ1v) is 9.23. The summed E-state index contributed by atoms with van der Waals surface area (Å²) in [5, 5.41) is 3.52. The van der Waals surface area contributed by atoms with Gasteiger partial charge in [0, 0.05) is 0 Å². The lowest BCUT2D eigenvalue weighted by atomic mass is 10.3. The normalized spacial score (nSPS) is 15.7. The maximum Gasteiger partial charge on any atom is 0.286 e. The minimum atomic E-state index is -3.66. The van der Waals surface area contributed by atoms with Gasteiger partial charge in [-0.25, -0.2) is 4.98 Å². The van der Waals surface area contributed by atoms with Gasteiger partial charge in [-0.05, 0) is 24.3 Å². The Kier molecular flexibility index (Phi) is 3.35. The summed E-state index contributed by atoms with van der Waals surface area (Å²) in [4.78, 5) is 4.53. The molecule has 1 aliphatic rings. The van der Waals surface area contributed by atoms with Crippen LogP contribution in [0.15, 0.2) is 67.5 Å². The van der Waals surface area contributed by atoms with Crippen molar-refractivity contribution in [2.45, 2.75) is 10.1 Å². The number of fused-ring (bicyclic) bond motifs is 2. The molecule has 1 N–H and O–H groups in total. The molecular formula is C15H11N3O3S2. The minimum absolute atomic E-state index is 0.190. The van der Waals surface area contributed by atoms with Crippen molar-refractivity contribution in [3.05, 3.63) is 48.5 Å². The van der Waals surface area contributed by atoms with Crippen molar-refractivity contribution in [1.29, 1.82) is 0 Å². The summed E-state index contributed by atoms with van der Waals surface area (Å²) in [5.74, 6) is 0.677. The quantitative estimate of drug-likeness (QED) is 0.734. The van der Waals surface area contributed by atoms with Crippen LogP contribution in [0.4, 0.5) is 5.69 Å². The fraction of sp³-hybridized carbons (Fsp3) is 0.0667. The van der Waals surface area contributed by atoms with Crippen molar-refractivity contribution in [3.63, 3.8) is 0 Å². The molecule has 3 aromatic rings. The second-order valence-corrected chi connectivity index (χ2v) is 7.37. The summed E-state index contributed by atoms with van der Waals surface area (Å²) in [7, 11) is -3.66. The molecule has 2 aromatic carbocycles. The number of aromatic nitrogens is 1. The van der Waals surface area contributed by atoms with E-state index in [2.05, 4.69) is 14.7 Å². The maximum absolute atomic E-state index is 12.2. The summed E-state index contributed by atoms with van der Waals surface area (Å²) < 4.78 is 33.7. The van der Waals surface area contributed by atoms with Gasteiger partial charge in [-0.3, -0.25) is 0 Å². The average Bonchev–Trinajstić information content (AvgIpc) is 2.95. The predicted molar refractivity (Wildman–Crippen MR) is 89.4 cm³/mol. The number of oxazole rings is 1. The highest BCUT2D eigenvalue weighted by Gasteiger charge is 2.24. The van der Waals surface area contributed by atoms with E-state index in [-0.39, 0.29) is 4.90 Å². The Morgan fingerprint density at radius 2 is 1.87 bits per heavy atom. The summed E-state index contributed by atoms with van der Waals surface area (Å²) in [6, 6.07) is 14.2. The number of para-hydroxylation sites is 3. The Hall–Kier alpha value is -2.32. The van der Waals surface area contributed by atoms with Gasteiger partial charge in [-0.1, -0.05) is 36.0 Å². The standard InChI is InChI=1S/C15H11N3O3S2/c19-23(20)13-8-4-2-6-11(13)16-14(18-23)9-22-15-17-10-5-1-3-7-12(10)21-15/h1-8H,9H2,(H,16,18). The summed E-state index contributed by atoms with van der Waals surface area (Å²) in [6.45, 7) is 0. The number of hydrogen-bond donors (Lipinski definition) is 1. The SMILES string of the molecule is O=S1(=O)N=C(CSc2nc3ccccc3o2)Nc2ccccc21. The molecule has 1 aromatic heterocycles. The zero-order valence-electron chi connectivity index (χ0n) is 11.8. The molecule has 6 nitrogen and oxygen atoms in total. The molecule has 0 unspecified atom stereocenters. The molecule has 2 heterocycles. The van der Waals surface area contributed by atoms with Gasteiger partial charge in [0.05, 0.1) is 11.4 Å². The van der Waals surface area contributed by atoms with E-state index < -0.39 is 10.0 Å². The Morgan fingerprint density at radius 1 is 1.09 bits per heavy atom. The average molecular weight is 345 g/mol. The lowest BCUT2D eigenvalue weighted by Gasteiger charge is -2.17. The van der Waals surface area contributed by atoms with E-state index in [0.29, 0.717) is 28.1 Å². The van der Waals surface area contributed by atoms with Crippen LogP contribution in [-0.4, -0.2) is 25.0 Å². The second-order valence-electron chi connectivity index (χ2n) is 4.87. The van der Waals surface area contributed by atoms with E-state index in [1.807, 2.05) is 24.3 Å². The number of amidine groups is 1. The fourth-order valence-corrected chi connectivity index (χ4v) is 4.21. The predicted octanol–water partition coefficient (Wildman–Crippen LogP) is 3.13. The van der Waals surface area contributed by atoms with Gasteiger partial charge in [0.1, 0.15) is 16.2 Å². The Morgan fingerprint density at radius 3 is 2.74 bits per heavy atom. The first kappa shape index (κ1) is 14.3. The molecule has 8 heteroatoms. The van der Waals surface area contributed by atoms with Crippen molar-refractivity contribution in [2.75, 3.05) is 11.1 Å². The molecule has 0 fully saturated rings. The highest BCUT2D eigenvalue weighted by Crippen LogP contribution is 2.29. The molecule has 0 saturated carbocycles. The highest BCUT2D eigenvalue weighted by molar-refractivity contribution is 7.99. The Bertz CT molecular complexity index is 992. The van der Waals surface area contributed by atoms with Crippen LogP contribution in [0.5, 0.6) is 0 Å². The van der Waals surface area contributed by atoms with Gasteiger partial charge in [0.15, 0.2) is 5.58 Å². The number of nitrogens with zero attached hydrogens (tertiary/aromatic N) is 2. The molecule has 0 bridgehead atoms.